The summed E-state index contributed by atoms with van der Waals surface area (Å²) in [5, 5.41) is 10.3. The van der Waals surface area contributed by atoms with Crippen molar-refractivity contribution in [2.24, 2.45) is 0 Å². The molecule has 0 saturated carbocycles. The summed E-state index contributed by atoms with van der Waals surface area (Å²) in [5.41, 5.74) is 3.11. The highest BCUT2D eigenvalue weighted by molar-refractivity contribution is 5.36. The minimum Gasteiger partial charge on any atom is -0.487 e. The predicted molar refractivity (Wildman–Crippen MR) is 77.4 cm³/mol. The zero-order chi connectivity index (χ0) is 13.8. The largest absolute Gasteiger partial charge is 0.487 e. The Hall–Kier alpha value is -1.80. The lowest BCUT2D eigenvalue weighted by molar-refractivity contribution is 0.0463. The number of ether oxygens (including phenoxy) is 1. The Morgan fingerprint density at radius 3 is 2.37 bits per heavy atom. The fourth-order valence-corrected chi connectivity index (χ4v) is 2.02. The Morgan fingerprint density at radius 2 is 1.68 bits per heavy atom. The number of benzene rings is 2. The van der Waals surface area contributed by atoms with Crippen LogP contribution in [0.2, 0.25) is 0 Å². The number of hydrogen-bond donors (Lipinski definition) is 1. The summed E-state index contributed by atoms with van der Waals surface area (Å²) < 4.78 is 5.89. The van der Waals surface area contributed by atoms with E-state index in [1.54, 1.807) is 0 Å². The van der Waals surface area contributed by atoms with Crippen LogP contribution in [0, 0.1) is 13.8 Å². The Bertz CT molecular complexity index is 534. The van der Waals surface area contributed by atoms with Crippen molar-refractivity contribution in [3.63, 3.8) is 0 Å². The van der Waals surface area contributed by atoms with Crippen LogP contribution in [0.25, 0.3) is 0 Å². The van der Waals surface area contributed by atoms with Gasteiger partial charge in [-0.1, -0.05) is 42.5 Å². The van der Waals surface area contributed by atoms with E-state index in [-0.39, 0.29) is 6.10 Å². The van der Waals surface area contributed by atoms with E-state index in [0.717, 1.165) is 22.4 Å². The molecule has 2 aromatic rings. The molecule has 0 radical (unpaired) electrons. The van der Waals surface area contributed by atoms with Crippen LogP contribution in [-0.4, -0.2) is 11.2 Å². The Kier molecular flexibility index (Phi) is 4.23. The van der Waals surface area contributed by atoms with E-state index in [9.17, 15) is 5.11 Å². The van der Waals surface area contributed by atoms with Crippen LogP contribution in [-0.2, 0) is 0 Å². The summed E-state index contributed by atoms with van der Waals surface area (Å²) in [6.07, 6.45) is -0.913. The van der Waals surface area contributed by atoms with E-state index < -0.39 is 6.10 Å². The lowest BCUT2D eigenvalue weighted by Crippen LogP contribution is -2.22. The second-order valence-corrected chi connectivity index (χ2v) is 4.95. The highest BCUT2D eigenvalue weighted by atomic mass is 16.5. The van der Waals surface area contributed by atoms with Gasteiger partial charge in [0.15, 0.2) is 0 Å². The molecule has 2 unspecified atom stereocenters. The minimum absolute atomic E-state index is 0.289. The molecule has 0 heterocycles. The first-order chi connectivity index (χ1) is 9.08. The standard InChI is InChI=1S/C17H20O2/c1-12-9-10-13(2)16(11-12)19-14(3)17(18)15-7-5-4-6-8-15/h4-11,14,17-18H,1-3H3. The third-order valence-electron chi connectivity index (χ3n) is 3.24. The zero-order valence-corrected chi connectivity index (χ0v) is 11.6. The fourth-order valence-electron chi connectivity index (χ4n) is 2.02. The molecule has 0 aliphatic heterocycles. The van der Waals surface area contributed by atoms with Gasteiger partial charge >= 0.3 is 0 Å². The van der Waals surface area contributed by atoms with Crippen LogP contribution >= 0.6 is 0 Å². The summed E-state index contributed by atoms with van der Waals surface area (Å²) in [6.45, 7) is 5.93. The average molecular weight is 256 g/mol. The summed E-state index contributed by atoms with van der Waals surface area (Å²) in [5.74, 6) is 0.836. The summed E-state index contributed by atoms with van der Waals surface area (Å²) >= 11 is 0. The quantitative estimate of drug-likeness (QED) is 0.901. The summed E-state index contributed by atoms with van der Waals surface area (Å²) in [7, 11) is 0. The van der Waals surface area contributed by atoms with Crippen LogP contribution in [0.5, 0.6) is 5.75 Å². The number of aliphatic hydroxyl groups excluding tert-OH is 1. The van der Waals surface area contributed by atoms with Crippen molar-refractivity contribution in [2.45, 2.75) is 33.0 Å². The smallest absolute Gasteiger partial charge is 0.126 e. The first-order valence-electron chi connectivity index (χ1n) is 6.55. The number of rotatable bonds is 4. The molecule has 0 aliphatic carbocycles. The van der Waals surface area contributed by atoms with E-state index in [1.165, 1.54) is 0 Å². The summed E-state index contributed by atoms with van der Waals surface area (Å²) in [6, 6.07) is 15.7. The Morgan fingerprint density at radius 1 is 1.00 bits per heavy atom. The monoisotopic (exact) mass is 256 g/mol. The highest BCUT2D eigenvalue weighted by Crippen LogP contribution is 2.25. The molecule has 2 atom stereocenters. The van der Waals surface area contributed by atoms with Gasteiger partial charge in [0, 0.05) is 0 Å². The fraction of sp³-hybridized carbons (Fsp3) is 0.294. The topological polar surface area (TPSA) is 29.5 Å². The maximum atomic E-state index is 10.3. The molecule has 100 valence electrons. The lowest BCUT2D eigenvalue weighted by Gasteiger charge is -2.22. The molecular weight excluding hydrogens is 236 g/mol. The van der Waals surface area contributed by atoms with Gasteiger partial charge in [0.1, 0.15) is 18.0 Å². The van der Waals surface area contributed by atoms with Gasteiger partial charge in [-0.25, -0.2) is 0 Å². The SMILES string of the molecule is Cc1ccc(C)c(OC(C)C(O)c2ccccc2)c1. The van der Waals surface area contributed by atoms with E-state index in [1.807, 2.05) is 63.2 Å². The molecule has 0 bridgehead atoms. The Balaban J connectivity index is 2.12. The molecule has 2 nitrogen and oxygen atoms in total. The molecule has 0 amide bonds. The van der Waals surface area contributed by atoms with Crippen LogP contribution < -0.4 is 4.74 Å². The molecule has 1 N–H and O–H groups in total. The van der Waals surface area contributed by atoms with E-state index in [4.69, 9.17) is 4.74 Å². The van der Waals surface area contributed by atoms with Gasteiger partial charge in [-0.05, 0) is 43.5 Å². The van der Waals surface area contributed by atoms with Gasteiger partial charge in [0.25, 0.3) is 0 Å². The predicted octanol–water partition coefficient (Wildman–Crippen LogP) is 3.80. The number of hydrogen-bond acceptors (Lipinski definition) is 2. The molecule has 0 spiro atoms. The van der Waals surface area contributed by atoms with E-state index in [2.05, 4.69) is 6.07 Å². The van der Waals surface area contributed by atoms with Crippen molar-refractivity contribution in [1.29, 1.82) is 0 Å². The number of aliphatic hydroxyl groups is 1. The lowest BCUT2D eigenvalue weighted by atomic mass is 10.1. The van der Waals surface area contributed by atoms with Crippen molar-refractivity contribution in [2.75, 3.05) is 0 Å². The third kappa shape index (κ3) is 3.36. The second kappa shape index (κ2) is 5.89. The van der Waals surface area contributed by atoms with E-state index in [0.29, 0.717) is 0 Å². The van der Waals surface area contributed by atoms with Crippen molar-refractivity contribution in [1.82, 2.24) is 0 Å². The molecule has 0 saturated heterocycles. The van der Waals surface area contributed by atoms with Gasteiger partial charge in [0.05, 0.1) is 0 Å². The van der Waals surface area contributed by atoms with Gasteiger partial charge in [-0.2, -0.15) is 0 Å². The highest BCUT2D eigenvalue weighted by Gasteiger charge is 2.18. The first kappa shape index (κ1) is 13.6. The molecule has 0 aliphatic rings. The van der Waals surface area contributed by atoms with Gasteiger partial charge in [-0.3, -0.25) is 0 Å². The van der Waals surface area contributed by atoms with Crippen LogP contribution in [0.3, 0.4) is 0 Å². The minimum atomic E-state index is -0.624. The molecule has 0 fully saturated rings. The van der Waals surface area contributed by atoms with Crippen molar-refractivity contribution < 1.29 is 9.84 Å². The second-order valence-electron chi connectivity index (χ2n) is 4.95. The average Bonchev–Trinajstić information content (AvgIpc) is 2.43. The van der Waals surface area contributed by atoms with Crippen LogP contribution in [0.4, 0.5) is 0 Å². The third-order valence-corrected chi connectivity index (χ3v) is 3.24. The molecule has 0 aromatic heterocycles. The molecule has 2 rings (SSSR count). The van der Waals surface area contributed by atoms with Crippen molar-refractivity contribution in [3.05, 3.63) is 65.2 Å². The van der Waals surface area contributed by atoms with Crippen LogP contribution in [0.15, 0.2) is 48.5 Å². The normalized spacial score (nSPS) is 13.9. The molecule has 19 heavy (non-hydrogen) atoms. The molecular formula is C17H20O2. The van der Waals surface area contributed by atoms with Gasteiger partial charge in [0.2, 0.25) is 0 Å². The molecule has 2 aromatic carbocycles. The first-order valence-corrected chi connectivity index (χ1v) is 6.55. The zero-order valence-electron chi connectivity index (χ0n) is 11.6. The molecule has 2 heteroatoms. The Labute approximate surface area is 114 Å². The number of aryl methyl sites for hydroxylation is 2. The van der Waals surface area contributed by atoms with Crippen LogP contribution in [0.1, 0.15) is 29.7 Å². The van der Waals surface area contributed by atoms with Crippen molar-refractivity contribution in [3.8, 4) is 5.75 Å². The van der Waals surface area contributed by atoms with Gasteiger partial charge in [-0.15, -0.1) is 0 Å². The summed E-state index contributed by atoms with van der Waals surface area (Å²) in [4.78, 5) is 0. The maximum absolute atomic E-state index is 10.3. The van der Waals surface area contributed by atoms with E-state index >= 15 is 0 Å². The maximum Gasteiger partial charge on any atom is 0.126 e. The van der Waals surface area contributed by atoms with Crippen molar-refractivity contribution >= 4 is 0 Å². The van der Waals surface area contributed by atoms with Gasteiger partial charge < -0.3 is 9.84 Å².